The topological polar surface area (TPSA) is 64.2 Å². The lowest BCUT2D eigenvalue weighted by atomic mass is 9.99. The van der Waals surface area contributed by atoms with E-state index >= 15 is 0 Å². The molecule has 0 aliphatic heterocycles. The van der Waals surface area contributed by atoms with E-state index in [1.165, 1.54) is 0 Å². The molecular weight excluding hydrogens is 524 g/mol. The molecule has 0 radical (unpaired) electrons. The van der Waals surface area contributed by atoms with Crippen molar-refractivity contribution in [1.82, 2.24) is 14.5 Å². The lowest BCUT2D eigenvalue weighted by Crippen LogP contribution is -2.40. The predicted molar refractivity (Wildman–Crippen MR) is 147 cm³/mol. The minimum Gasteiger partial charge on any atom is -0.330 e. The first-order valence-corrected chi connectivity index (χ1v) is 13.0. The molecule has 1 atom stereocenters. The summed E-state index contributed by atoms with van der Waals surface area (Å²) in [6, 6.07) is 23.2. The highest BCUT2D eigenvalue weighted by atomic mass is 79.9. The first-order chi connectivity index (χ1) is 16.9. The predicted octanol–water partition coefficient (Wildman–Crippen LogP) is 6.69. The number of rotatable bonds is 9. The first kappa shape index (κ1) is 25.4. The Kier molecular flexibility index (Phi) is 8.26. The number of fused-ring (bicyclic) bond motifs is 1. The average molecular weight is 554 g/mol. The van der Waals surface area contributed by atoms with Gasteiger partial charge >= 0.3 is 0 Å². The largest absolute Gasteiger partial charge is 0.330 e. The number of hydrogen-bond donors (Lipinski definition) is 1. The van der Waals surface area contributed by atoms with Gasteiger partial charge in [-0.2, -0.15) is 0 Å². The van der Waals surface area contributed by atoms with Crippen molar-refractivity contribution in [1.29, 1.82) is 0 Å². The SMILES string of the molecule is CC(C)[C@H](c1nc2cc(Br)ccc2n1Cc1cccc(Cl)c1)N(CCCN)C(=O)c1ccccc1. The summed E-state index contributed by atoms with van der Waals surface area (Å²) in [5, 5.41) is 0.695. The molecule has 5 nitrogen and oxygen atoms in total. The van der Waals surface area contributed by atoms with E-state index in [4.69, 9.17) is 22.3 Å². The Morgan fingerprint density at radius 2 is 1.86 bits per heavy atom. The highest BCUT2D eigenvalue weighted by Crippen LogP contribution is 2.34. The van der Waals surface area contributed by atoms with Gasteiger partial charge in [0.15, 0.2) is 0 Å². The summed E-state index contributed by atoms with van der Waals surface area (Å²) in [4.78, 5) is 20.8. The number of aromatic nitrogens is 2. The number of nitrogens with zero attached hydrogens (tertiary/aromatic N) is 3. The van der Waals surface area contributed by atoms with Gasteiger partial charge < -0.3 is 15.2 Å². The van der Waals surface area contributed by atoms with Crippen LogP contribution in [0.5, 0.6) is 0 Å². The van der Waals surface area contributed by atoms with Gasteiger partial charge in [0, 0.05) is 28.1 Å². The van der Waals surface area contributed by atoms with Crippen LogP contribution in [0.2, 0.25) is 5.02 Å². The smallest absolute Gasteiger partial charge is 0.254 e. The molecule has 7 heteroatoms. The average Bonchev–Trinajstić information content (AvgIpc) is 3.18. The molecule has 4 rings (SSSR count). The van der Waals surface area contributed by atoms with Crippen molar-refractivity contribution in [2.75, 3.05) is 13.1 Å². The van der Waals surface area contributed by atoms with Crippen LogP contribution in [0, 0.1) is 5.92 Å². The van der Waals surface area contributed by atoms with E-state index in [1.807, 2.05) is 65.6 Å². The van der Waals surface area contributed by atoms with Crippen LogP contribution in [0.1, 0.15) is 48.1 Å². The van der Waals surface area contributed by atoms with Gasteiger partial charge in [-0.15, -0.1) is 0 Å². The minimum atomic E-state index is -0.236. The molecule has 4 aromatic rings. The van der Waals surface area contributed by atoms with Gasteiger partial charge in [-0.3, -0.25) is 4.79 Å². The van der Waals surface area contributed by atoms with Crippen LogP contribution in [0.25, 0.3) is 11.0 Å². The van der Waals surface area contributed by atoms with Crippen molar-refractivity contribution in [2.45, 2.75) is 32.9 Å². The molecule has 0 saturated heterocycles. The summed E-state index contributed by atoms with van der Waals surface area (Å²) in [7, 11) is 0. The molecule has 182 valence electrons. The van der Waals surface area contributed by atoms with E-state index < -0.39 is 0 Å². The van der Waals surface area contributed by atoms with E-state index in [0.717, 1.165) is 26.9 Å². The zero-order valence-corrected chi connectivity index (χ0v) is 22.3. The number of carbonyl (C=O) groups is 1. The van der Waals surface area contributed by atoms with E-state index in [2.05, 4.69) is 46.5 Å². The van der Waals surface area contributed by atoms with Crippen LogP contribution >= 0.6 is 27.5 Å². The lowest BCUT2D eigenvalue weighted by Gasteiger charge is -2.34. The van der Waals surface area contributed by atoms with Crippen LogP contribution in [0.3, 0.4) is 0 Å². The van der Waals surface area contributed by atoms with Crippen LogP contribution < -0.4 is 5.73 Å². The quantitative estimate of drug-likeness (QED) is 0.251. The molecule has 0 spiro atoms. The van der Waals surface area contributed by atoms with Gasteiger partial charge in [0.1, 0.15) is 5.82 Å². The van der Waals surface area contributed by atoms with Crippen molar-refractivity contribution in [3.05, 3.63) is 99.2 Å². The third-order valence-electron chi connectivity index (χ3n) is 6.09. The molecule has 2 N–H and O–H groups in total. The molecule has 0 saturated carbocycles. The Morgan fingerprint density at radius 1 is 1.09 bits per heavy atom. The van der Waals surface area contributed by atoms with Gasteiger partial charge in [-0.25, -0.2) is 4.98 Å². The summed E-state index contributed by atoms with van der Waals surface area (Å²) in [6.45, 7) is 5.93. The van der Waals surface area contributed by atoms with E-state index in [-0.39, 0.29) is 17.9 Å². The van der Waals surface area contributed by atoms with Crippen molar-refractivity contribution >= 4 is 44.5 Å². The van der Waals surface area contributed by atoms with Crippen molar-refractivity contribution < 1.29 is 4.79 Å². The summed E-state index contributed by atoms with van der Waals surface area (Å²) in [5.74, 6) is 0.966. The van der Waals surface area contributed by atoms with Gasteiger partial charge in [0.2, 0.25) is 0 Å². The zero-order valence-electron chi connectivity index (χ0n) is 20.0. The Hall–Kier alpha value is -2.67. The standard InChI is InChI=1S/C28H30BrClN4O/c1-19(2)26(33(15-7-14-31)28(35)21-9-4-3-5-10-21)27-32-24-17-22(29)12-13-25(24)34(27)18-20-8-6-11-23(30)16-20/h3-6,8-13,16-17,19,26H,7,14-15,18,31H2,1-2H3/t26-/m1/s1. The summed E-state index contributed by atoms with van der Waals surface area (Å²) in [5.41, 5.74) is 9.51. The molecule has 35 heavy (non-hydrogen) atoms. The third-order valence-corrected chi connectivity index (χ3v) is 6.81. The number of amides is 1. The molecule has 0 fully saturated rings. The van der Waals surface area contributed by atoms with Crippen LogP contribution in [-0.2, 0) is 6.54 Å². The normalized spacial score (nSPS) is 12.3. The molecule has 0 aliphatic rings. The first-order valence-electron chi connectivity index (χ1n) is 11.8. The number of nitrogens with two attached hydrogens (primary N) is 1. The fraction of sp³-hybridized carbons (Fsp3) is 0.286. The monoisotopic (exact) mass is 552 g/mol. The minimum absolute atomic E-state index is 0.0136. The zero-order chi connectivity index (χ0) is 24.9. The molecule has 0 unspecified atom stereocenters. The fourth-order valence-corrected chi connectivity index (χ4v) is 5.07. The summed E-state index contributed by atoms with van der Waals surface area (Å²) in [6.07, 6.45) is 0.710. The second-order valence-corrected chi connectivity index (χ2v) is 10.4. The van der Waals surface area contributed by atoms with Crippen molar-refractivity contribution in [3.8, 4) is 0 Å². The maximum Gasteiger partial charge on any atom is 0.254 e. The fourth-order valence-electron chi connectivity index (χ4n) is 4.50. The van der Waals surface area contributed by atoms with Gasteiger partial charge in [0.05, 0.1) is 17.1 Å². The van der Waals surface area contributed by atoms with Gasteiger partial charge in [-0.1, -0.05) is 71.7 Å². The van der Waals surface area contributed by atoms with E-state index in [1.54, 1.807) is 0 Å². The number of carbonyl (C=O) groups excluding carboxylic acids is 1. The van der Waals surface area contributed by atoms with E-state index in [9.17, 15) is 4.79 Å². The Labute approximate surface area is 220 Å². The third kappa shape index (κ3) is 5.77. The molecular formula is C28H30BrClN4O. The Balaban J connectivity index is 1.87. The summed E-state index contributed by atoms with van der Waals surface area (Å²) < 4.78 is 3.18. The Morgan fingerprint density at radius 3 is 2.54 bits per heavy atom. The van der Waals surface area contributed by atoms with Gasteiger partial charge in [0.25, 0.3) is 5.91 Å². The molecule has 0 aliphatic carbocycles. The van der Waals surface area contributed by atoms with Crippen LogP contribution in [0.15, 0.2) is 77.3 Å². The van der Waals surface area contributed by atoms with E-state index in [0.29, 0.717) is 36.6 Å². The van der Waals surface area contributed by atoms with Crippen LogP contribution in [-0.4, -0.2) is 33.4 Å². The maximum atomic E-state index is 13.8. The highest BCUT2D eigenvalue weighted by molar-refractivity contribution is 9.10. The molecule has 1 amide bonds. The molecule has 1 heterocycles. The van der Waals surface area contributed by atoms with Crippen LogP contribution in [0.4, 0.5) is 0 Å². The highest BCUT2D eigenvalue weighted by Gasteiger charge is 2.32. The molecule has 0 bridgehead atoms. The summed E-state index contributed by atoms with van der Waals surface area (Å²) >= 11 is 9.88. The van der Waals surface area contributed by atoms with Crippen molar-refractivity contribution in [3.63, 3.8) is 0 Å². The number of hydrogen-bond acceptors (Lipinski definition) is 3. The Bertz CT molecular complexity index is 1310. The lowest BCUT2D eigenvalue weighted by molar-refractivity contribution is 0.0605. The number of imidazole rings is 1. The number of halogens is 2. The molecule has 3 aromatic carbocycles. The number of benzene rings is 3. The van der Waals surface area contributed by atoms with Gasteiger partial charge in [-0.05, 0) is 66.9 Å². The second kappa shape index (κ2) is 11.4. The molecule has 1 aromatic heterocycles. The second-order valence-electron chi connectivity index (χ2n) is 9.01. The van der Waals surface area contributed by atoms with Crippen molar-refractivity contribution in [2.24, 2.45) is 11.7 Å². The maximum absolute atomic E-state index is 13.8.